The summed E-state index contributed by atoms with van der Waals surface area (Å²) in [6, 6.07) is 22.5. The first-order valence-electron chi connectivity index (χ1n) is 10.2. The van der Waals surface area contributed by atoms with Gasteiger partial charge in [-0.2, -0.15) is 0 Å². The van der Waals surface area contributed by atoms with Gasteiger partial charge >= 0.3 is 0 Å². The summed E-state index contributed by atoms with van der Waals surface area (Å²) in [5, 5.41) is 1.65. The van der Waals surface area contributed by atoms with E-state index in [2.05, 4.69) is 0 Å². The second-order valence-corrected chi connectivity index (χ2v) is 7.91. The smallest absolute Gasteiger partial charge is 0.262 e. The highest BCUT2D eigenvalue weighted by Gasteiger charge is 2.59. The molecule has 0 N–H and O–H groups in total. The first-order valence-corrected chi connectivity index (χ1v) is 10.2. The molecule has 156 valence electrons. The Morgan fingerprint density at radius 2 is 1.55 bits per heavy atom. The van der Waals surface area contributed by atoms with Crippen LogP contribution in [0.15, 0.2) is 78.9 Å². The van der Waals surface area contributed by atoms with Crippen molar-refractivity contribution < 1.29 is 18.8 Å². The number of nitrogens with zero attached hydrogens (tertiary/aromatic N) is 2. The number of halogens is 1. The van der Waals surface area contributed by atoms with Gasteiger partial charge in [0.2, 0.25) is 5.91 Å². The van der Waals surface area contributed by atoms with Gasteiger partial charge in [-0.3, -0.25) is 19.3 Å². The molecule has 2 aliphatic heterocycles. The van der Waals surface area contributed by atoms with Gasteiger partial charge in [0, 0.05) is 0 Å². The SMILES string of the molecule is Cc1ccccc1N1OC2C(=O)N(Cc3ccccc3)C(=O)C2C1c1ccc(F)cc1. The van der Waals surface area contributed by atoms with Gasteiger partial charge in [-0.25, -0.2) is 9.45 Å². The van der Waals surface area contributed by atoms with E-state index >= 15 is 0 Å². The summed E-state index contributed by atoms with van der Waals surface area (Å²) in [6.45, 7) is 2.15. The molecule has 3 aromatic rings. The molecule has 6 heteroatoms. The van der Waals surface area contributed by atoms with Crippen molar-refractivity contribution in [1.82, 2.24) is 4.90 Å². The lowest BCUT2D eigenvalue weighted by Gasteiger charge is -2.29. The number of carbonyl (C=O) groups is 2. The van der Waals surface area contributed by atoms with Crippen LogP contribution in [0.4, 0.5) is 10.1 Å². The van der Waals surface area contributed by atoms with Gasteiger partial charge in [0.05, 0.1) is 18.3 Å². The summed E-state index contributed by atoms with van der Waals surface area (Å²) in [6.07, 6.45) is -0.911. The van der Waals surface area contributed by atoms with Gasteiger partial charge in [0.1, 0.15) is 11.7 Å². The molecule has 5 nitrogen and oxygen atoms in total. The number of anilines is 1. The van der Waals surface area contributed by atoms with Gasteiger partial charge in [0.15, 0.2) is 6.10 Å². The van der Waals surface area contributed by atoms with Crippen LogP contribution in [0.1, 0.15) is 22.7 Å². The van der Waals surface area contributed by atoms with Crippen molar-refractivity contribution in [2.24, 2.45) is 5.92 Å². The molecule has 0 spiro atoms. The Hall–Kier alpha value is -3.51. The van der Waals surface area contributed by atoms with Gasteiger partial charge in [-0.15, -0.1) is 0 Å². The Labute approximate surface area is 179 Å². The summed E-state index contributed by atoms with van der Waals surface area (Å²) in [4.78, 5) is 34.0. The molecule has 2 aliphatic rings. The zero-order chi connectivity index (χ0) is 21.5. The van der Waals surface area contributed by atoms with Crippen molar-refractivity contribution in [3.63, 3.8) is 0 Å². The molecule has 0 aliphatic carbocycles. The molecular weight excluding hydrogens is 395 g/mol. The van der Waals surface area contributed by atoms with Crippen molar-refractivity contribution >= 4 is 17.5 Å². The minimum atomic E-state index is -0.911. The number of aryl methyl sites for hydroxylation is 1. The van der Waals surface area contributed by atoms with E-state index in [0.717, 1.165) is 22.4 Å². The van der Waals surface area contributed by atoms with Crippen LogP contribution in [0.2, 0.25) is 0 Å². The summed E-state index contributed by atoms with van der Waals surface area (Å²) in [5.74, 6) is -1.69. The van der Waals surface area contributed by atoms with E-state index in [0.29, 0.717) is 0 Å². The number of amides is 2. The second-order valence-electron chi connectivity index (χ2n) is 7.91. The summed E-state index contributed by atoms with van der Waals surface area (Å²) in [7, 11) is 0. The number of imide groups is 1. The predicted molar refractivity (Wildman–Crippen MR) is 113 cm³/mol. The predicted octanol–water partition coefficient (Wildman–Crippen LogP) is 4.18. The quantitative estimate of drug-likeness (QED) is 0.599. The number of hydroxylamine groups is 1. The Morgan fingerprint density at radius 3 is 2.26 bits per heavy atom. The number of fused-ring (bicyclic) bond motifs is 1. The lowest BCUT2D eigenvalue weighted by atomic mass is 9.90. The van der Waals surface area contributed by atoms with E-state index in [-0.39, 0.29) is 24.2 Å². The van der Waals surface area contributed by atoms with Crippen molar-refractivity contribution in [2.75, 3.05) is 5.06 Å². The molecule has 3 atom stereocenters. The molecule has 0 saturated carbocycles. The fourth-order valence-electron chi connectivity index (χ4n) is 4.41. The zero-order valence-electron chi connectivity index (χ0n) is 16.9. The largest absolute Gasteiger partial charge is 0.275 e. The maximum Gasteiger partial charge on any atom is 0.262 e. The van der Waals surface area contributed by atoms with E-state index in [4.69, 9.17) is 4.84 Å². The number of benzene rings is 3. The Bertz CT molecular complexity index is 1130. The highest BCUT2D eigenvalue weighted by atomic mass is 19.1. The summed E-state index contributed by atoms with van der Waals surface area (Å²) >= 11 is 0. The number of likely N-dealkylation sites (tertiary alicyclic amines) is 1. The highest BCUT2D eigenvalue weighted by Crippen LogP contribution is 2.47. The Balaban J connectivity index is 1.54. The molecule has 3 aromatic carbocycles. The van der Waals surface area contributed by atoms with Crippen molar-refractivity contribution in [2.45, 2.75) is 25.6 Å². The van der Waals surface area contributed by atoms with Gasteiger partial charge in [-0.05, 0) is 41.8 Å². The third kappa shape index (κ3) is 3.29. The second kappa shape index (κ2) is 7.63. The molecule has 2 amide bonds. The monoisotopic (exact) mass is 416 g/mol. The maximum atomic E-state index is 13.6. The molecule has 2 fully saturated rings. The number of para-hydroxylation sites is 1. The van der Waals surface area contributed by atoms with Crippen LogP contribution >= 0.6 is 0 Å². The first-order chi connectivity index (χ1) is 15.0. The van der Waals surface area contributed by atoms with Crippen LogP contribution in [0.25, 0.3) is 0 Å². The molecule has 0 bridgehead atoms. The van der Waals surface area contributed by atoms with Crippen molar-refractivity contribution in [1.29, 1.82) is 0 Å². The lowest BCUT2D eigenvalue weighted by molar-refractivity contribution is -0.143. The van der Waals surface area contributed by atoms with E-state index in [9.17, 15) is 14.0 Å². The fourth-order valence-corrected chi connectivity index (χ4v) is 4.41. The van der Waals surface area contributed by atoms with E-state index in [1.165, 1.54) is 17.0 Å². The first kappa shape index (κ1) is 19.5. The normalized spacial score (nSPS) is 22.8. The van der Waals surface area contributed by atoms with Crippen LogP contribution in [0.5, 0.6) is 0 Å². The van der Waals surface area contributed by atoms with Crippen molar-refractivity contribution in [3.05, 3.63) is 101 Å². The molecule has 2 saturated heterocycles. The number of hydrogen-bond acceptors (Lipinski definition) is 4. The van der Waals surface area contributed by atoms with Crippen LogP contribution in [-0.4, -0.2) is 22.8 Å². The zero-order valence-corrected chi connectivity index (χ0v) is 16.9. The Kier molecular flexibility index (Phi) is 4.79. The standard InChI is InChI=1S/C25H21FN2O3/c1-16-7-5-6-10-20(16)28-22(18-11-13-19(26)14-12-18)21-23(31-28)25(30)27(24(21)29)15-17-8-3-2-4-9-17/h2-14,21-23H,15H2,1H3. The third-order valence-electron chi connectivity index (χ3n) is 5.95. The number of rotatable bonds is 4. The molecular formula is C25H21FN2O3. The van der Waals surface area contributed by atoms with E-state index in [1.807, 2.05) is 61.5 Å². The molecule has 31 heavy (non-hydrogen) atoms. The Morgan fingerprint density at radius 1 is 0.871 bits per heavy atom. The average molecular weight is 416 g/mol. The highest BCUT2D eigenvalue weighted by molar-refractivity contribution is 6.07. The molecule has 3 unspecified atom stereocenters. The van der Waals surface area contributed by atoms with Gasteiger partial charge in [0.25, 0.3) is 5.91 Å². The van der Waals surface area contributed by atoms with Crippen LogP contribution in [-0.2, 0) is 21.0 Å². The fraction of sp³-hybridized carbons (Fsp3) is 0.200. The maximum absolute atomic E-state index is 13.6. The molecule has 0 aromatic heterocycles. The van der Waals surface area contributed by atoms with Gasteiger partial charge < -0.3 is 0 Å². The van der Waals surface area contributed by atoms with Crippen LogP contribution < -0.4 is 5.06 Å². The van der Waals surface area contributed by atoms with Crippen LogP contribution in [0, 0.1) is 18.7 Å². The average Bonchev–Trinajstić information content (AvgIpc) is 3.27. The topological polar surface area (TPSA) is 49.9 Å². The summed E-state index contributed by atoms with van der Waals surface area (Å²) < 4.78 is 13.6. The number of carbonyl (C=O) groups excluding carboxylic acids is 2. The molecule has 2 heterocycles. The lowest BCUT2D eigenvalue weighted by Crippen LogP contribution is -2.37. The summed E-state index contributed by atoms with van der Waals surface area (Å²) in [5.41, 5.74) is 3.33. The minimum Gasteiger partial charge on any atom is -0.275 e. The third-order valence-corrected chi connectivity index (χ3v) is 5.95. The van der Waals surface area contributed by atoms with Crippen LogP contribution in [0.3, 0.4) is 0 Å². The van der Waals surface area contributed by atoms with Crippen molar-refractivity contribution in [3.8, 4) is 0 Å². The molecule has 0 radical (unpaired) electrons. The van der Waals surface area contributed by atoms with E-state index in [1.54, 1.807) is 17.2 Å². The molecule has 5 rings (SSSR count). The minimum absolute atomic E-state index is 0.204. The van der Waals surface area contributed by atoms with Gasteiger partial charge in [-0.1, -0.05) is 60.7 Å². The number of hydrogen-bond donors (Lipinski definition) is 0. The van der Waals surface area contributed by atoms with E-state index < -0.39 is 18.1 Å².